The van der Waals surface area contributed by atoms with Gasteiger partial charge in [0, 0.05) is 32.1 Å². The van der Waals surface area contributed by atoms with Crippen LogP contribution in [0.2, 0.25) is 0 Å². The minimum Gasteiger partial charge on any atom is -0.379 e. The summed E-state index contributed by atoms with van der Waals surface area (Å²) in [5.41, 5.74) is 0. The van der Waals surface area contributed by atoms with Gasteiger partial charge < -0.3 is 10.1 Å². The van der Waals surface area contributed by atoms with Gasteiger partial charge in [0.05, 0.1) is 13.2 Å². The summed E-state index contributed by atoms with van der Waals surface area (Å²) in [5, 5.41) is 3.08. The van der Waals surface area contributed by atoms with Crippen molar-refractivity contribution in [3.8, 4) is 0 Å². The molecule has 0 aromatic carbocycles. The number of amides is 1. The van der Waals surface area contributed by atoms with E-state index < -0.39 is 0 Å². The summed E-state index contributed by atoms with van der Waals surface area (Å²) in [4.78, 5) is 14.2. The maximum atomic E-state index is 11.9. The molecule has 1 amide bonds. The lowest BCUT2D eigenvalue weighted by Crippen LogP contribution is -2.42. The highest BCUT2D eigenvalue weighted by Crippen LogP contribution is 2.23. The predicted molar refractivity (Wildman–Crippen MR) is 66.8 cm³/mol. The van der Waals surface area contributed by atoms with Gasteiger partial charge in [-0.15, -0.1) is 0 Å². The molecule has 0 spiro atoms. The quantitative estimate of drug-likeness (QED) is 0.797. The molecule has 1 saturated heterocycles. The van der Waals surface area contributed by atoms with Crippen LogP contribution in [0.3, 0.4) is 0 Å². The average Bonchev–Trinajstić information content (AvgIpc) is 2.41. The summed E-state index contributed by atoms with van der Waals surface area (Å²) in [5.74, 6) is 0.561. The third kappa shape index (κ3) is 4.28. The van der Waals surface area contributed by atoms with E-state index in [1.54, 1.807) is 0 Å². The number of carbonyl (C=O) groups excluding carboxylic acids is 1. The molecule has 0 aromatic heterocycles. The number of hydrogen-bond donors (Lipinski definition) is 1. The lowest BCUT2D eigenvalue weighted by Gasteiger charge is -2.27. The molecule has 0 radical (unpaired) electrons. The van der Waals surface area contributed by atoms with Gasteiger partial charge in [0.15, 0.2) is 0 Å². The molecule has 0 aromatic rings. The van der Waals surface area contributed by atoms with Crippen LogP contribution in [0.1, 0.15) is 32.1 Å². The molecule has 1 heterocycles. The van der Waals surface area contributed by atoms with Crippen LogP contribution in [0, 0.1) is 5.92 Å². The highest BCUT2D eigenvalue weighted by molar-refractivity contribution is 5.78. The van der Waals surface area contributed by atoms with Crippen molar-refractivity contribution in [3.63, 3.8) is 0 Å². The summed E-state index contributed by atoms with van der Waals surface area (Å²) in [6.07, 6.45) is 5.92. The minimum atomic E-state index is 0.276. The van der Waals surface area contributed by atoms with Crippen molar-refractivity contribution in [2.24, 2.45) is 5.92 Å². The monoisotopic (exact) mass is 240 g/mol. The Hall–Kier alpha value is -0.610. The molecule has 0 unspecified atom stereocenters. The van der Waals surface area contributed by atoms with E-state index >= 15 is 0 Å². The maximum Gasteiger partial charge on any atom is 0.223 e. The number of rotatable bonds is 4. The molecule has 0 bridgehead atoms. The van der Waals surface area contributed by atoms with Crippen LogP contribution in [0.5, 0.6) is 0 Å². The van der Waals surface area contributed by atoms with Gasteiger partial charge in [0.25, 0.3) is 0 Å². The van der Waals surface area contributed by atoms with Crippen molar-refractivity contribution >= 4 is 5.91 Å². The Labute approximate surface area is 104 Å². The molecule has 4 heteroatoms. The Morgan fingerprint density at radius 1 is 1.18 bits per heavy atom. The molecule has 1 saturated carbocycles. The van der Waals surface area contributed by atoms with Crippen LogP contribution < -0.4 is 5.32 Å². The topological polar surface area (TPSA) is 41.6 Å². The Kier molecular flexibility index (Phi) is 5.26. The molecule has 1 N–H and O–H groups in total. The molecule has 4 nitrogen and oxygen atoms in total. The van der Waals surface area contributed by atoms with Crippen LogP contribution in [0.15, 0.2) is 0 Å². The molecule has 0 atom stereocenters. The third-order valence-electron chi connectivity index (χ3n) is 3.81. The second kappa shape index (κ2) is 6.97. The van der Waals surface area contributed by atoms with Gasteiger partial charge in [-0.3, -0.25) is 9.69 Å². The standard InChI is InChI=1S/C13H24N2O2/c16-13(12-4-2-1-3-5-12)14-6-7-15-8-10-17-11-9-15/h12H,1-11H2,(H,14,16). The zero-order valence-corrected chi connectivity index (χ0v) is 10.6. The molecule has 2 fully saturated rings. The van der Waals surface area contributed by atoms with E-state index in [4.69, 9.17) is 4.74 Å². The van der Waals surface area contributed by atoms with Crippen LogP contribution in [0.25, 0.3) is 0 Å². The first-order chi connectivity index (χ1) is 8.36. The first kappa shape index (κ1) is 12.8. The lowest BCUT2D eigenvalue weighted by atomic mass is 9.89. The van der Waals surface area contributed by atoms with Crippen molar-refractivity contribution in [1.82, 2.24) is 10.2 Å². The molecule has 1 aliphatic carbocycles. The minimum absolute atomic E-state index is 0.276. The normalized spacial score (nSPS) is 23.5. The molecule has 17 heavy (non-hydrogen) atoms. The van der Waals surface area contributed by atoms with E-state index in [9.17, 15) is 4.79 Å². The molecule has 1 aliphatic heterocycles. The Morgan fingerprint density at radius 3 is 2.59 bits per heavy atom. The fourth-order valence-corrected chi connectivity index (χ4v) is 2.67. The van der Waals surface area contributed by atoms with Gasteiger partial charge >= 0.3 is 0 Å². The van der Waals surface area contributed by atoms with E-state index in [2.05, 4.69) is 10.2 Å². The number of nitrogens with zero attached hydrogens (tertiary/aromatic N) is 1. The number of ether oxygens (including phenoxy) is 1. The largest absolute Gasteiger partial charge is 0.379 e. The molecule has 98 valence electrons. The Morgan fingerprint density at radius 2 is 1.88 bits per heavy atom. The van der Waals surface area contributed by atoms with Gasteiger partial charge in [-0.25, -0.2) is 0 Å². The van der Waals surface area contributed by atoms with Gasteiger partial charge in [0.1, 0.15) is 0 Å². The summed E-state index contributed by atoms with van der Waals surface area (Å²) in [6, 6.07) is 0. The van der Waals surface area contributed by atoms with Gasteiger partial charge in [-0.2, -0.15) is 0 Å². The number of nitrogens with one attached hydrogen (secondary N) is 1. The van der Waals surface area contributed by atoms with E-state index in [0.29, 0.717) is 0 Å². The number of carbonyl (C=O) groups is 1. The van der Waals surface area contributed by atoms with Gasteiger partial charge in [-0.05, 0) is 12.8 Å². The van der Waals surface area contributed by atoms with E-state index in [0.717, 1.165) is 52.2 Å². The van der Waals surface area contributed by atoms with Crippen molar-refractivity contribution in [2.75, 3.05) is 39.4 Å². The fraction of sp³-hybridized carbons (Fsp3) is 0.923. The second-order valence-electron chi connectivity index (χ2n) is 5.08. The Balaban J connectivity index is 1.58. The van der Waals surface area contributed by atoms with E-state index in [1.807, 2.05) is 0 Å². The first-order valence-electron chi connectivity index (χ1n) is 6.94. The van der Waals surface area contributed by atoms with Crippen LogP contribution >= 0.6 is 0 Å². The fourth-order valence-electron chi connectivity index (χ4n) is 2.67. The molecule has 2 aliphatic rings. The van der Waals surface area contributed by atoms with Crippen molar-refractivity contribution < 1.29 is 9.53 Å². The van der Waals surface area contributed by atoms with Gasteiger partial charge in [-0.1, -0.05) is 19.3 Å². The average molecular weight is 240 g/mol. The van der Waals surface area contributed by atoms with Crippen molar-refractivity contribution in [2.45, 2.75) is 32.1 Å². The summed E-state index contributed by atoms with van der Waals surface area (Å²) < 4.78 is 5.29. The van der Waals surface area contributed by atoms with Crippen molar-refractivity contribution in [3.05, 3.63) is 0 Å². The highest BCUT2D eigenvalue weighted by atomic mass is 16.5. The Bertz CT molecular complexity index is 234. The maximum absolute atomic E-state index is 11.9. The zero-order valence-electron chi connectivity index (χ0n) is 10.6. The predicted octanol–water partition coefficient (Wildman–Crippen LogP) is 1.02. The SMILES string of the molecule is O=C(NCCN1CCOCC1)C1CCCCC1. The lowest BCUT2D eigenvalue weighted by molar-refractivity contribution is -0.126. The molecule has 2 rings (SSSR count). The van der Waals surface area contributed by atoms with E-state index in [-0.39, 0.29) is 11.8 Å². The first-order valence-corrected chi connectivity index (χ1v) is 6.94. The van der Waals surface area contributed by atoms with Crippen LogP contribution in [-0.2, 0) is 9.53 Å². The molecular weight excluding hydrogens is 216 g/mol. The number of hydrogen-bond acceptors (Lipinski definition) is 3. The van der Waals surface area contributed by atoms with E-state index in [1.165, 1.54) is 19.3 Å². The summed E-state index contributed by atoms with van der Waals surface area (Å²) in [6.45, 7) is 5.41. The summed E-state index contributed by atoms with van der Waals surface area (Å²) in [7, 11) is 0. The zero-order chi connectivity index (χ0) is 11.9. The second-order valence-corrected chi connectivity index (χ2v) is 5.08. The number of morpholine rings is 1. The smallest absolute Gasteiger partial charge is 0.223 e. The van der Waals surface area contributed by atoms with Crippen LogP contribution in [0.4, 0.5) is 0 Å². The summed E-state index contributed by atoms with van der Waals surface area (Å²) >= 11 is 0. The van der Waals surface area contributed by atoms with Gasteiger partial charge in [0.2, 0.25) is 5.91 Å². The third-order valence-corrected chi connectivity index (χ3v) is 3.81. The molecular formula is C13H24N2O2. The van der Waals surface area contributed by atoms with Crippen LogP contribution in [-0.4, -0.2) is 50.2 Å². The highest BCUT2D eigenvalue weighted by Gasteiger charge is 2.20. The van der Waals surface area contributed by atoms with Crippen molar-refractivity contribution in [1.29, 1.82) is 0 Å².